The molecule has 0 radical (unpaired) electrons. The van der Waals surface area contributed by atoms with Crippen LogP contribution in [0, 0.1) is 5.92 Å². The zero-order valence-corrected chi connectivity index (χ0v) is 12.6. The first-order valence-corrected chi connectivity index (χ1v) is 7.30. The highest BCUT2D eigenvalue weighted by Crippen LogP contribution is 2.10. The molecule has 0 aromatic heterocycles. The molecule has 1 aliphatic heterocycles. The third-order valence-corrected chi connectivity index (χ3v) is 3.46. The Kier molecular flexibility index (Phi) is 7.16. The van der Waals surface area contributed by atoms with Crippen LogP contribution in [-0.4, -0.2) is 56.0 Å². The van der Waals surface area contributed by atoms with E-state index in [0.717, 1.165) is 13.0 Å². The summed E-state index contributed by atoms with van der Waals surface area (Å²) >= 11 is 0. The van der Waals surface area contributed by atoms with Gasteiger partial charge in [-0.3, -0.25) is 0 Å². The summed E-state index contributed by atoms with van der Waals surface area (Å²) in [6.45, 7) is 11.6. The van der Waals surface area contributed by atoms with E-state index in [4.69, 9.17) is 9.47 Å². The van der Waals surface area contributed by atoms with E-state index < -0.39 is 0 Å². The van der Waals surface area contributed by atoms with Gasteiger partial charge in [0.1, 0.15) is 0 Å². The molecule has 2 unspecified atom stereocenters. The maximum Gasteiger partial charge on any atom is 0.317 e. The predicted octanol–water partition coefficient (Wildman–Crippen LogP) is 1.87. The van der Waals surface area contributed by atoms with Crippen molar-refractivity contribution in [3.63, 3.8) is 0 Å². The highest BCUT2D eigenvalue weighted by molar-refractivity contribution is 5.74. The molecular formula is C14H28N2O3. The molecule has 1 aliphatic rings. The molecule has 2 amide bonds. The summed E-state index contributed by atoms with van der Waals surface area (Å²) in [6, 6.07) is 0.163. The Bertz CT molecular complexity index is 271. The molecule has 5 nitrogen and oxygen atoms in total. The number of ether oxygens (including phenoxy) is 2. The van der Waals surface area contributed by atoms with Crippen LogP contribution in [-0.2, 0) is 9.47 Å². The molecular weight excluding hydrogens is 244 g/mol. The van der Waals surface area contributed by atoms with Gasteiger partial charge in [0.05, 0.1) is 25.4 Å². The lowest BCUT2D eigenvalue weighted by Gasteiger charge is -2.33. The van der Waals surface area contributed by atoms with Gasteiger partial charge in [0.25, 0.3) is 0 Å². The molecule has 0 aromatic rings. The Hall–Kier alpha value is -0.810. The van der Waals surface area contributed by atoms with Crippen LogP contribution in [0.15, 0.2) is 0 Å². The minimum absolute atomic E-state index is 0.00908. The van der Waals surface area contributed by atoms with Crippen LogP contribution in [0.3, 0.4) is 0 Å². The van der Waals surface area contributed by atoms with Crippen molar-refractivity contribution in [1.29, 1.82) is 0 Å². The molecule has 112 valence electrons. The van der Waals surface area contributed by atoms with E-state index >= 15 is 0 Å². The molecule has 1 N–H and O–H groups in total. The van der Waals surface area contributed by atoms with Crippen LogP contribution >= 0.6 is 0 Å². The van der Waals surface area contributed by atoms with Crippen molar-refractivity contribution in [2.75, 3.05) is 32.9 Å². The second-order valence-electron chi connectivity index (χ2n) is 5.38. The van der Waals surface area contributed by atoms with Gasteiger partial charge in [-0.1, -0.05) is 13.8 Å². The minimum atomic E-state index is 0.00908. The molecule has 1 heterocycles. The Morgan fingerprint density at radius 1 is 1.53 bits per heavy atom. The van der Waals surface area contributed by atoms with Crippen LogP contribution in [0.2, 0.25) is 0 Å². The average molecular weight is 272 g/mol. The molecule has 1 rings (SSSR count). The monoisotopic (exact) mass is 272 g/mol. The molecule has 0 bridgehead atoms. The number of urea groups is 1. The quantitative estimate of drug-likeness (QED) is 0.803. The van der Waals surface area contributed by atoms with Gasteiger partial charge < -0.3 is 19.7 Å². The van der Waals surface area contributed by atoms with E-state index in [0.29, 0.717) is 32.2 Å². The van der Waals surface area contributed by atoms with E-state index in [1.165, 1.54) is 0 Å². The van der Waals surface area contributed by atoms with Gasteiger partial charge in [0, 0.05) is 19.7 Å². The van der Waals surface area contributed by atoms with Gasteiger partial charge in [-0.2, -0.15) is 0 Å². The average Bonchev–Trinajstić information content (AvgIpc) is 2.37. The highest BCUT2D eigenvalue weighted by atomic mass is 16.5. The maximum absolute atomic E-state index is 12.0. The lowest BCUT2D eigenvalue weighted by atomic mass is 10.0. The summed E-state index contributed by atoms with van der Waals surface area (Å²) in [7, 11) is 0. The summed E-state index contributed by atoms with van der Waals surface area (Å²) in [5.74, 6) is 0.471. The van der Waals surface area contributed by atoms with Crippen LogP contribution in [0.4, 0.5) is 4.79 Å². The van der Waals surface area contributed by atoms with Crippen molar-refractivity contribution in [1.82, 2.24) is 10.2 Å². The number of carbonyl (C=O) groups is 1. The Morgan fingerprint density at radius 3 is 2.84 bits per heavy atom. The summed E-state index contributed by atoms with van der Waals surface area (Å²) < 4.78 is 11.0. The van der Waals surface area contributed by atoms with E-state index in [2.05, 4.69) is 19.2 Å². The van der Waals surface area contributed by atoms with Gasteiger partial charge in [0.15, 0.2) is 0 Å². The van der Waals surface area contributed by atoms with Gasteiger partial charge in [-0.25, -0.2) is 4.79 Å². The first kappa shape index (κ1) is 16.2. The molecule has 19 heavy (non-hydrogen) atoms. The van der Waals surface area contributed by atoms with Gasteiger partial charge in [-0.15, -0.1) is 0 Å². The normalized spacial score (nSPS) is 21.5. The second-order valence-corrected chi connectivity index (χ2v) is 5.38. The van der Waals surface area contributed by atoms with Crippen LogP contribution in [0.1, 0.15) is 34.1 Å². The number of nitrogens with zero attached hydrogens (tertiary/aromatic N) is 1. The fraction of sp³-hybridized carbons (Fsp3) is 0.929. The number of amides is 2. The standard InChI is InChI=1S/C14H28N2O3/c1-5-19-13(11(2)3)6-7-15-14(17)16-8-9-18-10-12(16)4/h11-13H,5-10H2,1-4H3,(H,15,17). The van der Waals surface area contributed by atoms with Crippen molar-refractivity contribution in [2.45, 2.75) is 46.3 Å². The first-order chi connectivity index (χ1) is 9.06. The van der Waals surface area contributed by atoms with Crippen molar-refractivity contribution in [2.24, 2.45) is 5.92 Å². The van der Waals surface area contributed by atoms with Gasteiger partial charge in [-0.05, 0) is 26.2 Å². The Labute approximate surface area is 116 Å². The Morgan fingerprint density at radius 2 is 2.26 bits per heavy atom. The van der Waals surface area contributed by atoms with Crippen molar-refractivity contribution >= 4 is 6.03 Å². The first-order valence-electron chi connectivity index (χ1n) is 7.30. The van der Waals surface area contributed by atoms with Crippen LogP contribution in [0.5, 0.6) is 0 Å². The minimum Gasteiger partial charge on any atom is -0.378 e. The summed E-state index contributed by atoms with van der Waals surface area (Å²) in [5.41, 5.74) is 0. The van der Waals surface area contributed by atoms with E-state index in [9.17, 15) is 4.79 Å². The molecule has 0 saturated carbocycles. The molecule has 5 heteroatoms. The lowest BCUT2D eigenvalue weighted by Crippen LogP contribution is -2.51. The Balaban J connectivity index is 2.29. The van der Waals surface area contributed by atoms with Gasteiger partial charge in [0.2, 0.25) is 0 Å². The number of rotatable bonds is 6. The fourth-order valence-electron chi connectivity index (χ4n) is 2.27. The number of nitrogens with one attached hydrogen (secondary N) is 1. The summed E-state index contributed by atoms with van der Waals surface area (Å²) in [5, 5.41) is 2.98. The molecule has 2 atom stereocenters. The highest BCUT2D eigenvalue weighted by Gasteiger charge is 2.23. The third-order valence-electron chi connectivity index (χ3n) is 3.46. The maximum atomic E-state index is 12.0. The number of hydrogen-bond acceptors (Lipinski definition) is 3. The fourth-order valence-corrected chi connectivity index (χ4v) is 2.27. The van der Waals surface area contributed by atoms with Crippen LogP contribution in [0.25, 0.3) is 0 Å². The number of hydrogen-bond donors (Lipinski definition) is 1. The number of morpholine rings is 1. The predicted molar refractivity (Wildman–Crippen MR) is 75.3 cm³/mol. The largest absolute Gasteiger partial charge is 0.378 e. The van der Waals surface area contributed by atoms with Crippen molar-refractivity contribution < 1.29 is 14.3 Å². The molecule has 1 fully saturated rings. The third kappa shape index (κ3) is 5.37. The lowest BCUT2D eigenvalue weighted by molar-refractivity contribution is 0.0160. The molecule has 1 saturated heterocycles. The zero-order valence-electron chi connectivity index (χ0n) is 12.6. The SMILES string of the molecule is CCOC(CCNC(=O)N1CCOCC1C)C(C)C. The van der Waals surface area contributed by atoms with Gasteiger partial charge >= 0.3 is 6.03 Å². The molecule has 0 aromatic carbocycles. The molecule has 0 aliphatic carbocycles. The molecule has 0 spiro atoms. The van der Waals surface area contributed by atoms with Crippen molar-refractivity contribution in [3.8, 4) is 0 Å². The number of carbonyl (C=O) groups excluding carboxylic acids is 1. The van der Waals surface area contributed by atoms with E-state index in [1.807, 2.05) is 18.7 Å². The van der Waals surface area contributed by atoms with E-state index in [1.54, 1.807) is 0 Å². The van der Waals surface area contributed by atoms with Crippen LogP contribution < -0.4 is 5.32 Å². The smallest absolute Gasteiger partial charge is 0.317 e. The van der Waals surface area contributed by atoms with E-state index in [-0.39, 0.29) is 18.2 Å². The van der Waals surface area contributed by atoms with Crippen molar-refractivity contribution in [3.05, 3.63) is 0 Å². The summed E-state index contributed by atoms with van der Waals surface area (Å²) in [4.78, 5) is 13.9. The second kappa shape index (κ2) is 8.38. The topological polar surface area (TPSA) is 50.8 Å². The zero-order chi connectivity index (χ0) is 14.3. The summed E-state index contributed by atoms with van der Waals surface area (Å²) in [6.07, 6.45) is 1.07.